The third kappa shape index (κ3) is 5.42. The van der Waals surface area contributed by atoms with E-state index in [2.05, 4.69) is 32.5 Å². The number of carbonyl (C=O) groups is 2. The number of nitrogens with one attached hydrogen (secondary N) is 3. The number of hydrogen-bond acceptors (Lipinski definition) is 8. The molecule has 2 heterocycles. The number of methoxy groups -OCH3 is 2. The SMILES string of the molecule is C=CC(=O)Nc1ccc(F)c(CNc2nc(Nc3cc(OC)cc(OC)c3)c(C(N)=O)c3nccn23)c1. The van der Waals surface area contributed by atoms with Gasteiger partial charge in [0, 0.05) is 54.1 Å². The number of halogens is 1. The van der Waals surface area contributed by atoms with Crippen LogP contribution in [0.3, 0.4) is 0 Å². The van der Waals surface area contributed by atoms with E-state index in [1.165, 1.54) is 43.0 Å². The number of fused-ring (bicyclic) bond motifs is 1. The van der Waals surface area contributed by atoms with Crippen molar-refractivity contribution in [3.8, 4) is 11.5 Å². The van der Waals surface area contributed by atoms with Gasteiger partial charge >= 0.3 is 0 Å². The van der Waals surface area contributed by atoms with Crippen LogP contribution in [0.1, 0.15) is 15.9 Å². The number of carbonyl (C=O) groups excluding carboxylic acids is 2. The first-order chi connectivity index (χ1) is 17.8. The molecule has 2 aromatic carbocycles. The van der Waals surface area contributed by atoms with Crippen molar-refractivity contribution in [2.45, 2.75) is 6.54 Å². The molecule has 0 radical (unpaired) electrons. The smallest absolute Gasteiger partial charge is 0.256 e. The lowest BCUT2D eigenvalue weighted by atomic mass is 10.2. The van der Waals surface area contributed by atoms with Crippen molar-refractivity contribution >= 4 is 40.6 Å². The van der Waals surface area contributed by atoms with Crippen LogP contribution < -0.4 is 31.2 Å². The molecule has 190 valence electrons. The molecule has 0 atom stereocenters. The first-order valence-corrected chi connectivity index (χ1v) is 11.0. The summed E-state index contributed by atoms with van der Waals surface area (Å²) in [7, 11) is 3.03. The molecular weight excluding hydrogens is 481 g/mol. The predicted octanol–water partition coefficient (Wildman–Crippen LogP) is 3.46. The van der Waals surface area contributed by atoms with Gasteiger partial charge in [-0.3, -0.25) is 14.0 Å². The van der Waals surface area contributed by atoms with Crippen LogP contribution >= 0.6 is 0 Å². The standard InChI is InChI=1S/C25H24FN7O4/c1-4-20(34)30-15-5-6-19(26)14(9-15)13-29-25-32-23(21(22(27)35)24-28-7-8-33(24)25)31-16-10-17(36-2)12-18(11-16)37-3/h4-12,31H,1,13H2,2-3H3,(H2,27,35)(H,29,32)(H,30,34). The van der Waals surface area contributed by atoms with Gasteiger partial charge in [0.25, 0.3) is 5.91 Å². The Balaban J connectivity index is 1.71. The van der Waals surface area contributed by atoms with Crippen LogP contribution in [0.25, 0.3) is 5.65 Å². The third-order valence-electron chi connectivity index (χ3n) is 5.34. The van der Waals surface area contributed by atoms with Crippen molar-refractivity contribution in [3.05, 3.63) is 78.4 Å². The highest BCUT2D eigenvalue weighted by molar-refractivity contribution is 6.04. The van der Waals surface area contributed by atoms with Crippen molar-refractivity contribution in [3.63, 3.8) is 0 Å². The molecule has 2 aromatic heterocycles. The maximum atomic E-state index is 14.5. The highest BCUT2D eigenvalue weighted by Crippen LogP contribution is 2.30. The number of imidazole rings is 1. The van der Waals surface area contributed by atoms with E-state index >= 15 is 0 Å². The van der Waals surface area contributed by atoms with E-state index in [1.54, 1.807) is 24.4 Å². The Morgan fingerprint density at radius 1 is 1.14 bits per heavy atom. The van der Waals surface area contributed by atoms with Gasteiger partial charge in [-0.15, -0.1) is 0 Å². The summed E-state index contributed by atoms with van der Waals surface area (Å²) in [6.45, 7) is 3.41. The van der Waals surface area contributed by atoms with Gasteiger partial charge in [0.15, 0.2) is 11.5 Å². The van der Waals surface area contributed by atoms with Gasteiger partial charge in [-0.25, -0.2) is 9.37 Å². The molecular formula is C25H24FN7O4. The van der Waals surface area contributed by atoms with E-state index in [-0.39, 0.29) is 35.1 Å². The van der Waals surface area contributed by atoms with Gasteiger partial charge in [0.05, 0.1) is 14.2 Å². The highest BCUT2D eigenvalue weighted by atomic mass is 19.1. The normalized spacial score (nSPS) is 10.6. The summed E-state index contributed by atoms with van der Waals surface area (Å²) in [5.41, 5.74) is 7.16. The van der Waals surface area contributed by atoms with Crippen LogP contribution in [0, 0.1) is 5.82 Å². The zero-order valence-corrected chi connectivity index (χ0v) is 20.0. The molecule has 4 aromatic rings. The third-order valence-corrected chi connectivity index (χ3v) is 5.34. The molecule has 0 spiro atoms. The number of hydrogen-bond donors (Lipinski definition) is 4. The first-order valence-electron chi connectivity index (χ1n) is 11.0. The van der Waals surface area contributed by atoms with Gasteiger partial charge < -0.3 is 31.2 Å². The number of ether oxygens (including phenoxy) is 2. The van der Waals surface area contributed by atoms with Gasteiger partial charge in [0.1, 0.15) is 22.9 Å². The molecule has 2 amide bonds. The predicted molar refractivity (Wildman–Crippen MR) is 137 cm³/mol. The van der Waals surface area contributed by atoms with Crippen LogP contribution in [0.4, 0.5) is 27.5 Å². The lowest BCUT2D eigenvalue weighted by molar-refractivity contribution is -0.111. The first kappa shape index (κ1) is 25.0. The fraction of sp³-hybridized carbons (Fsp3) is 0.120. The number of rotatable bonds is 10. The average molecular weight is 506 g/mol. The second-order valence-electron chi connectivity index (χ2n) is 7.72. The average Bonchev–Trinajstić information content (AvgIpc) is 3.37. The maximum absolute atomic E-state index is 14.5. The fourth-order valence-electron chi connectivity index (χ4n) is 3.59. The summed E-state index contributed by atoms with van der Waals surface area (Å²) in [4.78, 5) is 32.8. The summed E-state index contributed by atoms with van der Waals surface area (Å²) in [6.07, 6.45) is 4.19. The van der Waals surface area contributed by atoms with Crippen molar-refractivity contribution in [2.24, 2.45) is 5.73 Å². The minimum atomic E-state index is -0.746. The Kier molecular flexibility index (Phi) is 7.19. The van der Waals surface area contributed by atoms with E-state index in [1.807, 2.05) is 0 Å². The van der Waals surface area contributed by atoms with E-state index < -0.39 is 17.6 Å². The lowest BCUT2D eigenvalue weighted by Crippen LogP contribution is -2.18. The van der Waals surface area contributed by atoms with Gasteiger partial charge in [-0.2, -0.15) is 4.98 Å². The minimum Gasteiger partial charge on any atom is -0.497 e. The molecule has 0 aliphatic carbocycles. The lowest BCUT2D eigenvalue weighted by Gasteiger charge is -2.16. The van der Waals surface area contributed by atoms with Crippen LogP contribution in [-0.4, -0.2) is 40.4 Å². The fourth-order valence-corrected chi connectivity index (χ4v) is 3.59. The van der Waals surface area contributed by atoms with Gasteiger partial charge in [-0.05, 0) is 24.3 Å². The van der Waals surface area contributed by atoms with Gasteiger partial charge in [0.2, 0.25) is 11.9 Å². The molecule has 11 nitrogen and oxygen atoms in total. The molecule has 37 heavy (non-hydrogen) atoms. The molecule has 0 unspecified atom stereocenters. The largest absolute Gasteiger partial charge is 0.497 e. The quantitative estimate of drug-likeness (QED) is 0.240. The summed E-state index contributed by atoms with van der Waals surface area (Å²) >= 11 is 0. The molecule has 4 rings (SSSR count). The van der Waals surface area contributed by atoms with E-state index in [9.17, 15) is 14.0 Å². The van der Waals surface area contributed by atoms with Crippen LogP contribution in [-0.2, 0) is 11.3 Å². The summed E-state index contributed by atoms with van der Waals surface area (Å²) in [5.74, 6) is -0.236. The van der Waals surface area contributed by atoms with E-state index in [0.29, 0.717) is 22.9 Å². The zero-order valence-electron chi connectivity index (χ0n) is 20.0. The molecule has 0 saturated heterocycles. The number of anilines is 4. The number of nitrogens with zero attached hydrogens (tertiary/aromatic N) is 3. The van der Waals surface area contributed by atoms with Crippen molar-refractivity contribution in [1.82, 2.24) is 14.4 Å². The topological polar surface area (TPSA) is 145 Å². The molecule has 5 N–H and O–H groups in total. The Hall–Kier alpha value is -5.13. The Labute approximate surface area is 211 Å². The monoisotopic (exact) mass is 505 g/mol. The second kappa shape index (κ2) is 10.6. The zero-order chi connectivity index (χ0) is 26.5. The summed E-state index contributed by atoms with van der Waals surface area (Å²) in [5, 5.41) is 8.73. The Morgan fingerprint density at radius 3 is 2.51 bits per heavy atom. The minimum absolute atomic E-state index is 0.00620. The number of aromatic nitrogens is 3. The number of nitrogens with two attached hydrogens (primary N) is 1. The van der Waals surface area contributed by atoms with Crippen LogP contribution in [0.5, 0.6) is 11.5 Å². The number of benzene rings is 2. The van der Waals surface area contributed by atoms with Crippen molar-refractivity contribution < 1.29 is 23.5 Å². The van der Waals surface area contributed by atoms with Gasteiger partial charge in [-0.1, -0.05) is 6.58 Å². The molecule has 0 bridgehead atoms. The molecule has 0 saturated carbocycles. The maximum Gasteiger partial charge on any atom is 0.256 e. The van der Waals surface area contributed by atoms with E-state index in [4.69, 9.17) is 15.2 Å². The van der Waals surface area contributed by atoms with Crippen LogP contribution in [0.2, 0.25) is 0 Å². The molecule has 0 fully saturated rings. The number of primary amides is 1. The summed E-state index contributed by atoms with van der Waals surface area (Å²) < 4.78 is 26.7. The molecule has 12 heteroatoms. The summed E-state index contributed by atoms with van der Waals surface area (Å²) in [6, 6.07) is 9.26. The van der Waals surface area contributed by atoms with Crippen molar-refractivity contribution in [1.29, 1.82) is 0 Å². The Bertz CT molecular complexity index is 1480. The second-order valence-corrected chi connectivity index (χ2v) is 7.72. The Morgan fingerprint density at radius 2 is 1.86 bits per heavy atom. The molecule has 0 aliphatic heterocycles. The highest BCUT2D eigenvalue weighted by Gasteiger charge is 2.20. The van der Waals surface area contributed by atoms with E-state index in [0.717, 1.165) is 6.08 Å². The number of amides is 2. The van der Waals surface area contributed by atoms with Crippen molar-refractivity contribution in [2.75, 3.05) is 30.2 Å². The van der Waals surface area contributed by atoms with Crippen LogP contribution in [0.15, 0.2) is 61.4 Å². The molecule has 0 aliphatic rings.